The molecule has 0 bridgehead atoms. The van der Waals surface area contributed by atoms with Gasteiger partial charge in [0.05, 0.1) is 5.69 Å². The molecule has 0 aliphatic rings. The van der Waals surface area contributed by atoms with E-state index in [1.165, 1.54) is 0 Å². The molecule has 4 nitrogen and oxygen atoms in total. The van der Waals surface area contributed by atoms with E-state index in [9.17, 15) is 0 Å². The van der Waals surface area contributed by atoms with Gasteiger partial charge in [0.2, 0.25) is 0 Å². The molecule has 2 N–H and O–H groups in total. The summed E-state index contributed by atoms with van der Waals surface area (Å²) in [5, 5.41) is 11.7. The van der Waals surface area contributed by atoms with Gasteiger partial charge in [0, 0.05) is 17.4 Å². The van der Waals surface area contributed by atoms with E-state index in [1.807, 2.05) is 48.0 Å². The first-order chi connectivity index (χ1) is 11.1. The zero-order valence-electron chi connectivity index (χ0n) is 13.7. The van der Waals surface area contributed by atoms with Crippen LogP contribution in [0, 0.1) is 6.92 Å². The fourth-order valence-electron chi connectivity index (χ4n) is 2.51. The molecule has 23 heavy (non-hydrogen) atoms. The van der Waals surface area contributed by atoms with E-state index < -0.39 is 0 Å². The zero-order valence-corrected chi connectivity index (χ0v) is 13.7. The number of para-hydroxylation sites is 2. The van der Waals surface area contributed by atoms with Gasteiger partial charge >= 0.3 is 0 Å². The Morgan fingerprint density at radius 1 is 0.826 bits per heavy atom. The SMILES string of the molecule is Cc1nn(C(C)C)c(Nc2ccccc2)c1Nc1ccccc1. The van der Waals surface area contributed by atoms with Gasteiger partial charge in [-0.2, -0.15) is 5.10 Å². The van der Waals surface area contributed by atoms with Crippen molar-refractivity contribution in [2.75, 3.05) is 10.6 Å². The van der Waals surface area contributed by atoms with Crippen LogP contribution in [0.5, 0.6) is 0 Å². The second-order valence-electron chi connectivity index (χ2n) is 5.83. The quantitative estimate of drug-likeness (QED) is 0.675. The van der Waals surface area contributed by atoms with Crippen molar-refractivity contribution < 1.29 is 0 Å². The van der Waals surface area contributed by atoms with Crippen molar-refractivity contribution in [3.63, 3.8) is 0 Å². The average Bonchev–Trinajstić information content (AvgIpc) is 2.86. The van der Waals surface area contributed by atoms with Crippen LogP contribution < -0.4 is 10.6 Å². The van der Waals surface area contributed by atoms with Crippen molar-refractivity contribution in [1.82, 2.24) is 9.78 Å². The minimum Gasteiger partial charge on any atom is -0.351 e. The molecule has 0 atom stereocenters. The zero-order chi connectivity index (χ0) is 16.2. The number of aromatic nitrogens is 2. The summed E-state index contributed by atoms with van der Waals surface area (Å²) in [6.07, 6.45) is 0. The molecular weight excluding hydrogens is 284 g/mol. The normalized spacial score (nSPS) is 10.8. The van der Waals surface area contributed by atoms with E-state index in [0.29, 0.717) is 0 Å². The first-order valence-corrected chi connectivity index (χ1v) is 7.88. The van der Waals surface area contributed by atoms with Gasteiger partial charge in [-0.15, -0.1) is 0 Å². The minimum absolute atomic E-state index is 0.270. The fraction of sp³-hybridized carbons (Fsp3) is 0.211. The van der Waals surface area contributed by atoms with Gasteiger partial charge in [-0.05, 0) is 45.0 Å². The van der Waals surface area contributed by atoms with Crippen LogP contribution in [-0.4, -0.2) is 9.78 Å². The topological polar surface area (TPSA) is 41.9 Å². The monoisotopic (exact) mass is 306 g/mol. The summed E-state index contributed by atoms with van der Waals surface area (Å²) in [6.45, 7) is 6.30. The summed E-state index contributed by atoms with van der Waals surface area (Å²) in [5.41, 5.74) is 4.08. The highest BCUT2D eigenvalue weighted by Crippen LogP contribution is 2.33. The van der Waals surface area contributed by atoms with Gasteiger partial charge in [-0.3, -0.25) is 0 Å². The van der Waals surface area contributed by atoms with Crippen molar-refractivity contribution >= 4 is 22.9 Å². The molecule has 0 unspecified atom stereocenters. The molecule has 0 saturated carbocycles. The molecule has 1 aromatic heterocycles. The lowest BCUT2D eigenvalue weighted by atomic mass is 10.2. The third-order valence-electron chi connectivity index (χ3n) is 3.65. The average molecular weight is 306 g/mol. The third kappa shape index (κ3) is 3.37. The van der Waals surface area contributed by atoms with E-state index in [0.717, 1.165) is 28.6 Å². The molecular formula is C19H22N4. The summed E-state index contributed by atoms with van der Waals surface area (Å²) < 4.78 is 2.02. The van der Waals surface area contributed by atoms with Gasteiger partial charge in [-0.25, -0.2) is 4.68 Å². The summed E-state index contributed by atoms with van der Waals surface area (Å²) in [4.78, 5) is 0. The number of hydrogen-bond donors (Lipinski definition) is 2. The Morgan fingerprint density at radius 3 is 1.87 bits per heavy atom. The summed E-state index contributed by atoms with van der Waals surface area (Å²) in [5.74, 6) is 0.979. The molecule has 4 heteroatoms. The first kappa shape index (κ1) is 15.2. The van der Waals surface area contributed by atoms with Gasteiger partial charge in [0.25, 0.3) is 0 Å². The van der Waals surface area contributed by atoms with E-state index in [1.54, 1.807) is 0 Å². The molecule has 2 aromatic carbocycles. The number of aryl methyl sites for hydroxylation is 1. The number of nitrogens with one attached hydrogen (secondary N) is 2. The first-order valence-electron chi connectivity index (χ1n) is 7.88. The Balaban J connectivity index is 2.00. The Bertz CT molecular complexity index is 761. The van der Waals surface area contributed by atoms with Crippen molar-refractivity contribution in [3.05, 3.63) is 66.4 Å². The predicted molar refractivity (Wildman–Crippen MR) is 96.8 cm³/mol. The van der Waals surface area contributed by atoms with Crippen LogP contribution in [0.3, 0.4) is 0 Å². The molecule has 0 saturated heterocycles. The number of nitrogens with zero attached hydrogens (tertiary/aromatic N) is 2. The molecule has 0 aliphatic heterocycles. The Labute approximate surface area is 137 Å². The molecule has 1 heterocycles. The molecule has 0 amide bonds. The molecule has 3 aromatic rings. The molecule has 0 aliphatic carbocycles. The minimum atomic E-state index is 0.270. The number of rotatable bonds is 5. The maximum atomic E-state index is 4.69. The molecule has 3 rings (SSSR count). The van der Waals surface area contributed by atoms with Crippen LogP contribution in [0.15, 0.2) is 60.7 Å². The predicted octanol–water partition coefficient (Wildman–Crippen LogP) is 5.26. The highest BCUT2D eigenvalue weighted by atomic mass is 15.4. The van der Waals surface area contributed by atoms with Crippen LogP contribution >= 0.6 is 0 Å². The van der Waals surface area contributed by atoms with E-state index >= 15 is 0 Å². The van der Waals surface area contributed by atoms with Crippen LogP contribution in [0.1, 0.15) is 25.6 Å². The Hall–Kier alpha value is -2.75. The summed E-state index contributed by atoms with van der Waals surface area (Å²) in [6, 6.07) is 20.6. The molecule has 118 valence electrons. The van der Waals surface area contributed by atoms with Gasteiger partial charge in [-0.1, -0.05) is 36.4 Å². The molecule has 0 fully saturated rings. The van der Waals surface area contributed by atoms with Crippen molar-refractivity contribution in [1.29, 1.82) is 0 Å². The standard InChI is InChI=1S/C19H22N4/c1-14(2)23-19(21-17-12-8-5-9-13-17)18(15(3)22-23)20-16-10-6-4-7-11-16/h4-14,20-21H,1-3H3. The van der Waals surface area contributed by atoms with Crippen LogP contribution in [-0.2, 0) is 0 Å². The van der Waals surface area contributed by atoms with E-state index in [2.05, 4.69) is 48.7 Å². The van der Waals surface area contributed by atoms with Gasteiger partial charge in [0.15, 0.2) is 5.82 Å². The molecule has 0 spiro atoms. The van der Waals surface area contributed by atoms with Crippen molar-refractivity contribution in [2.45, 2.75) is 26.8 Å². The van der Waals surface area contributed by atoms with Crippen LogP contribution in [0.2, 0.25) is 0 Å². The summed E-state index contributed by atoms with van der Waals surface area (Å²) in [7, 11) is 0. The lowest BCUT2D eigenvalue weighted by molar-refractivity contribution is 0.536. The Kier molecular flexibility index (Phi) is 4.33. The number of hydrogen-bond acceptors (Lipinski definition) is 3. The van der Waals surface area contributed by atoms with Gasteiger partial charge < -0.3 is 10.6 Å². The molecule has 0 radical (unpaired) electrons. The Morgan fingerprint density at radius 2 is 1.35 bits per heavy atom. The lowest BCUT2D eigenvalue weighted by Gasteiger charge is -2.15. The van der Waals surface area contributed by atoms with Crippen LogP contribution in [0.25, 0.3) is 0 Å². The van der Waals surface area contributed by atoms with E-state index in [4.69, 9.17) is 5.10 Å². The maximum absolute atomic E-state index is 4.69. The number of anilines is 4. The van der Waals surface area contributed by atoms with Gasteiger partial charge in [0.1, 0.15) is 5.69 Å². The maximum Gasteiger partial charge on any atom is 0.153 e. The van der Waals surface area contributed by atoms with Crippen molar-refractivity contribution in [2.24, 2.45) is 0 Å². The number of benzene rings is 2. The highest BCUT2D eigenvalue weighted by Gasteiger charge is 2.17. The van der Waals surface area contributed by atoms with E-state index in [-0.39, 0.29) is 6.04 Å². The largest absolute Gasteiger partial charge is 0.351 e. The fourth-order valence-corrected chi connectivity index (χ4v) is 2.51. The summed E-state index contributed by atoms with van der Waals surface area (Å²) >= 11 is 0. The van der Waals surface area contributed by atoms with Crippen molar-refractivity contribution in [3.8, 4) is 0 Å². The highest BCUT2D eigenvalue weighted by molar-refractivity contribution is 5.77. The third-order valence-corrected chi connectivity index (χ3v) is 3.65. The second-order valence-corrected chi connectivity index (χ2v) is 5.83. The lowest BCUT2D eigenvalue weighted by Crippen LogP contribution is -2.08. The smallest absolute Gasteiger partial charge is 0.153 e. The second kappa shape index (κ2) is 6.57. The van der Waals surface area contributed by atoms with Crippen LogP contribution in [0.4, 0.5) is 22.9 Å².